The van der Waals surface area contributed by atoms with E-state index < -0.39 is 4.58 Å². The number of amides is 1. The molecule has 0 heterocycles. The fourth-order valence-electron chi connectivity index (χ4n) is 1.69. The Morgan fingerprint density at radius 2 is 1.32 bits per heavy atom. The van der Waals surface area contributed by atoms with Gasteiger partial charge in [-0.15, -0.1) is 0 Å². The van der Waals surface area contributed by atoms with E-state index in [1.165, 1.54) is 0 Å². The molecular formula is C16H34N2O5S2. The Balaban J connectivity index is 3.18. The number of ether oxygens (including phenoxy) is 4. The minimum absolute atomic E-state index is 0.135. The van der Waals surface area contributed by atoms with Gasteiger partial charge in [0.05, 0.1) is 52.9 Å². The van der Waals surface area contributed by atoms with Crippen LogP contribution in [0.3, 0.4) is 0 Å². The van der Waals surface area contributed by atoms with Crippen LogP contribution in [-0.4, -0.2) is 94.4 Å². The minimum atomic E-state index is -0.588. The van der Waals surface area contributed by atoms with Gasteiger partial charge in [-0.3, -0.25) is 4.79 Å². The molecule has 0 fully saturated rings. The van der Waals surface area contributed by atoms with E-state index in [1.807, 2.05) is 0 Å². The second-order valence-corrected chi connectivity index (χ2v) is 7.13. The summed E-state index contributed by atoms with van der Waals surface area (Å²) in [6.45, 7) is 9.93. The third kappa shape index (κ3) is 17.2. The van der Waals surface area contributed by atoms with Gasteiger partial charge < -0.3 is 29.2 Å². The van der Waals surface area contributed by atoms with E-state index in [2.05, 4.69) is 44.4 Å². The summed E-state index contributed by atoms with van der Waals surface area (Å²) in [6, 6.07) is 0.484. The molecule has 0 spiro atoms. The molecule has 0 aliphatic carbocycles. The number of hydrogen-bond donors (Lipinski definition) is 3. The highest BCUT2D eigenvalue weighted by molar-refractivity contribution is 8.00. The zero-order valence-corrected chi connectivity index (χ0v) is 17.4. The van der Waals surface area contributed by atoms with Gasteiger partial charge in [0.1, 0.15) is 4.58 Å². The van der Waals surface area contributed by atoms with E-state index in [0.717, 1.165) is 6.54 Å². The molecule has 1 amide bonds. The van der Waals surface area contributed by atoms with Gasteiger partial charge in [0.15, 0.2) is 0 Å². The highest BCUT2D eigenvalue weighted by atomic mass is 32.2. The van der Waals surface area contributed by atoms with Crippen molar-refractivity contribution in [3.63, 3.8) is 0 Å². The topological polar surface area (TPSA) is 69.3 Å². The second kappa shape index (κ2) is 17.4. The molecule has 0 radical (unpaired) electrons. The van der Waals surface area contributed by atoms with E-state index >= 15 is 0 Å². The van der Waals surface area contributed by atoms with E-state index in [4.69, 9.17) is 18.9 Å². The van der Waals surface area contributed by atoms with E-state index in [0.29, 0.717) is 65.4 Å². The van der Waals surface area contributed by atoms with Crippen LogP contribution in [0.1, 0.15) is 13.8 Å². The Labute approximate surface area is 162 Å². The molecule has 0 atom stereocenters. The molecule has 0 saturated heterocycles. The summed E-state index contributed by atoms with van der Waals surface area (Å²) >= 11 is 7.95. The summed E-state index contributed by atoms with van der Waals surface area (Å²) in [5.74, 6) is -0.135. The van der Waals surface area contributed by atoms with E-state index in [9.17, 15) is 4.79 Å². The average Bonchev–Trinajstić information content (AvgIpc) is 2.56. The Morgan fingerprint density at radius 3 is 1.76 bits per heavy atom. The first-order chi connectivity index (χ1) is 11.9. The lowest BCUT2D eigenvalue weighted by Crippen LogP contribution is -2.34. The number of carbonyl (C=O) groups is 1. The van der Waals surface area contributed by atoms with Crippen molar-refractivity contribution in [2.24, 2.45) is 0 Å². The largest absolute Gasteiger partial charge is 0.378 e. The number of carbonyl (C=O) groups excluding carboxylic acids is 1. The Hall–Kier alpha value is -0.0300. The molecule has 0 aromatic carbocycles. The van der Waals surface area contributed by atoms with Gasteiger partial charge in [0.25, 0.3) is 0 Å². The Kier molecular flexibility index (Phi) is 17.4. The summed E-state index contributed by atoms with van der Waals surface area (Å²) in [5.41, 5.74) is 0. The van der Waals surface area contributed by atoms with Gasteiger partial charge in [0, 0.05) is 26.2 Å². The van der Waals surface area contributed by atoms with Crippen molar-refractivity contribution in [2.75, 3.05) is 73.0 Å². The van der Waals surface area contributed by atoms with Gasteiger partial charge in [-0.05, 0) is 0 Å². The van der Waals surface area contributed by atoms with E-state index in [1.54, 1.807) is 11.9 Å². The van der Waals surface area contributed by atoms with Crippen LogP contribution in [-0.2, 0) is 23.7 Å². The number of thiol groups is 2. The van der Waals surface area contributed by atoms with Crippen molar-refractivity contribution in [1.29, 1.82) is 0 Å². The predicted molar refractivity (Wildman–Crippen MR) is 106 cm³/mol. The van der Waals surface area contributed by atoms with Crippen LogP contribution in [0.5, 0.6) is 0 Å². The molecule has 0 rings (SSSR count). The highest BCUT2D eigenvalue weighted by Crippen LogP contribution is 2.03. The van der Waals surface area contributed by atoms with Crippen molar-refractivity contribution < 1.29 is 23.7 Å². The molecule has 0 aromatic rings. The van der Waals surface area contributed by atoms with Crippen molar-refractivity contribution in [1.82, 2.24) is 10.2 Å². The molecule has 0 aliphatic heterocycles. The average molecular weight is 399 g/mol. The van der Waals surface area contributed by atoms with Crippen molar-refractivity contribution >= 4 is 31.2 Å². The lowest BCUT2D eigenvalue weighted by Gasteiger charge is -2.18. The first kappa shape index (κ1) is 25.0. The minimum Gasteiger partial charge on any atom is -0.378 e. The maximum Gasteiger partial charge on any atom is 0.245 e. The number of nitrogens with one attached hydrogen (secondary N) is 1. The standard InChI is InChI=1S/C16H34N2O5S2/c1-14(2)17-4-6-20-8-10-22-12-13-23-11-9-21-7-5-18(3)15(19)16(24)25/h14,16-17,24-25H,4-13H2,1-3H3. The van der Waals surface area contributed by atoms with E-state index in [-0.39, 0.29) is 5.91 Å². The third-order valence-electron chi connectivity index (χ3n) is 3.08. The van der Waals surface area contributed by atoms with Crippen molar-refractivity contribution in [2.45, 2.75) is 24.5 Å². The lowest BCUT2D eigenvalue weighted by atomic mass is 10.4. The van der Waals surface area contributed by atoms with Crippen LogP contribution in [0, 0.1) is 0 Å². The smallest absolute Gasteiger partial charge is 0.245 e. The molecular weight excluding hydrogens is 364 g/mol. The molecule has 0 aliphatic rings. The fraction of sp³-hybridized carbons (Fsp3) is 0.938. The summed E-state index contributed by atoms with van der Waals surface area (Å²) in [7, 11) is 1.70. The molecule has 0 saturated carbocycles. The number of hydrogen-bond acceptors (Lipinski definition) is 8. The highest BCUT2D eigenvalue weighted by Gasteiger charge is 2.13. The van der Waals surface area contributed by atoms with Gasteiger partial charge in [-0.1, -0.05) is 13.8 Å². The molecule has 0 aromatic heterocycles. The molecule has 7 nitrogen and oxygen atoms in total. The first-order valence-electron chi connectivity index (χ1n) is 8.60. The van der Waals surface area contributed by atoms with Crippen molar-refractivity contribution in [3.8, 4) is 0 Å². The van der Waals surface area contributed by atoms with Crippen LogP contribution >= 0.6 is 25.3 Å². The van der Waals surface area contributed by atoms with Crippen LogP contribution in [0.2, 0.25) is 0 Å². The lowest BCUT2D eigenvalue weighted by molar-refractivity contribution is -0.128. The number of rotatable bonds is 17. The summed E-state index contributed by atoms with van der Waals surface area (Å²) in [5, 5.41) is 3.28. The molecule has 0 unspecified atom stereocenters. The number of likely N-dealkylation sites (N-methyl/N-ethyl adjacent to an activating group) is 1. The zero-order valence-electron chi connectivity index (χ0n) is 15.6. The van der Waals surface area contributed by atoms with Gasteiger partial charge in [-0.2, -0.15) is 25.3 Å². The second-order valence-electron chi connectivity index (χ2n) is 5.69. The van der Waals surface area contributed by atoms with Crippen LogP contribution < -0.4 is 5.32 Å². The Bertz CT molecular complexity index is 323. The van der Waals surface area contributed by atoms with Crippen molar-refractivity contribution in [3.05, 3.63) is 0 Å². The fourth-order valence-corrected chi connectivity index (χ4v) is 2.08. The molecule has 25 heavy (non-hydrogen) atoms. The van der Waals surface area contributed by atoms with Gasteiger partial charge >= 0.3 is 0 Å². The normalized spacial score (nSPS) is 11.5. The maximum atomic E-state index is 11.5. The SMILES string of the molecule is CC(C)NCCOCCOCCOCCOCCN(C)C(=O)C(S)S. The van der Waals surface area contributed by atoms with Gasteiger partial charge in [0.2, 0.25) is 5.91 Å². The summed E-state index contributed by atoms with van der Waals surface area (Å²) in [6.07, 6.45) is 0. The molecule has 9 heteroatoms. The van der Waals surface area contributed by atoms with Crippen LogP contribution in [0.4, 0.5) is 0 Å². The monoisotopic (exact) mass is 398 g/mol. The zero-order chi connectivity index (χ0) is 18.9. The molecule has 1 N–H and O–H groups in total. The quantitative estimate of drug-likeness (QED) is 0.190. The number of nitrogens with zero attached hydrogens (tertiary/aromatic N) is 1. The summed E-state index contributed by atoms with van der Waals surface area (Å²) < 4.78 is 21.0. The Morgan fingerprint density at radius 1 is 0.880 bits per heavy atom. The van der Waals surface area contributed by atoms with Crippen LogP contribution in [0.25, 0.3) is 0 Å². The van der Waals surface area contributed by atoms with Crippen LogP contribution in [0.15, 0.2) is 0 Å². The molecule has 0 bridgehead atoms. The summed E-state index contributed by atoms with van der Waals surface area (Å²) in [4.78, 5) is 13.0. The third-order valence-corrected chi connectivity index (χ3v) is 3.52. The van der Waals surface area contributed by atoms with Gasteiger partial charge in [-0.25, -0.2) is 0 Å². The molecule has 150 valence electrons. The predicted octanol–water partition coefficient (Wildman–Crippen LogP) is 0.695. The maximum absolute atomic E-state index is 11.5. The first-order valence-corrected chi connectivity index (χ1v) is 9.64.